The lowest BCUT2D eigenvalue weighted by Crippen LogP contribution is -2.15. The Morgan fingerprint density at radius 3 is 1.95 bits per heavy atom. The molecule has 1 nitrogen and oxygen atoms in total. The second kappa shape index (κ2) is 14.6. The van der Waals surface area contributed by atoms with Gasteiger partial charge in [-0.05, 0) is 37.5 Å². The van der Waals surface area contributed by atoms with Crippen molar-refractivity contribution in [2.75, 3.05) is 0 Å². The first kappa shape index (κ1) is 20.7. The number of rotatable bonds is 15. The van der Waals surface area contributed by atoms with Crippen LogP contribution in [0.15, 0.2) is 12.7 Å². The van der Waals surface area contributed by atoms with E-state index in [0.717, 1.165) is 12.8 Å². The zero-order valence-electron chi connectivity index (χ0n) is 14.9. The van der Waals surface area contributed by atoms with E-state index in [2.05, 4.69) is 27.4 Å². The van der Waals surface area contributed by atoms with E-state index < -0.39 is 0 Å². The molecule has 126 valence electrons. The van der Waals surface area contributed by atoms with Gasteiger partial charge in [0.25, 0.3) is 0 Å². The van der Waals surface area contributed by atoms with Gasteiger partial charge in [-0.1, -0.05) is 78.2 Å². The van der Waals surface area contributed by atoms with Crippen LogP contribution in [0, 0.1) is 11.8 Å². The van der Waals surface area contributed by atoms with Crippen LogP contribution in [0.5, 0.6) is 0 Å². The predicted octanol–water partition coefficient (Wildman–Crippen LogP) is 6.51. The Morgan fingerprint density at radius 1 is 0.857 bits per heavy atom. The summed E-state index contributed by atoms with van der Waals surface area (Å²) in [5.41, 5.74) is 0. The van der Waals surface area contributed by atoms with Gasteiger partial charge in [0.15, 0.2) is 0 Å². The summed E-state index contributed by atoms with van der Waals surface area (Å²) >= 11 is 0. The van der Waals surface area contributed by atoms with Crippen LogP contribution in [0.4, 0.5) is 0 Å². The van der Waals surface area contributed by atoms with Crippen LogP contribution >= 0.6 is 0 Å². The van der Waals surface area contributed by atoms with Crippen molar-refractivity contribution in [1.82, 2.24) is 0 Å². The minimum absolute atomic E-state index is 0.0838. The second-order valence-corrected chi connectivity index (χ2v) is 7.11. The fourth-order valence-electron chi connectivity index (χ4n) is 3.13. The molecule has 0 aliphatic rings. The minimum Gasteiger partial charge on any atom is -0.393 e. The normalized spacial score (nSPS) is 15.6. The van der Waals surface area contributed by atoms with Crippen molar-refractivity contribution in [2.45, 2.75) is 104 Å². The largest absolute Gasteiger partial charge is 0.393 e. The zero-order valence-corrected chi connectivity index (χ0v) is 14.9. The Labute approximate surface area is 134 Å². The molecule has 21 heavy (non-hydrogen) atoms. The number of hydrogen-bond donors (Lipinski definition) is 1. The van der Waals surface area contributed by atoms with Gasteiger partial charge in [0.05, 0.1) is 6.10 Å². The number of hydrogen-bond acceptors (Lipinski definition) is 1. The molecule has 0 spiro atoms. The smallest absolute Gasteiger partial charge is 0.0545 e. The summed E-state index contributed by atoms with van der Waals surface area (Å²) < 4.78 is 0. The standard InChI is InChI=1S/C20H40O/c1-5-7-9-10-11-12-13-15-19(4)17-20(21)16-18(3)14-8-6-2/h5,18-21H,1,6-17H2,2-4H3/t18-,19-,20-/m0/s1. The average Bonchev–Trinajstić information content (AvgIpc) is 2.43. The summed E-state index contributed by atoms with van der Waals surface area (Å²) in [5, 5.41) is 10.2. The number of aliphatic hydroxyl groups is 1. The second-order valence-electron chi connectivity index (χ2n) is 7.11. The lowest BCUT2D eigenvalue weighted by molar-refractivity contribution is 0.115. The van der Waals surface area contributed by atoms with Crippen molar-refractivity contribution in [3.05, 3.63) is 12.7 Å². The molecule has 0 radical (unpaired) electrons. The van der Waals surface area contributed by atoms with Crippen molar-refractivity contribution < 1.29 is 5.11 Å². The molecule has 0 saturated heterocycles. The Balaban J connectivity index is 3.50. The van der Waals surface area contributed by atoms with Crippen LogP contribution in [0.2, 0.25) is 0 Å². The Bertz CT molecular complexity index is 224. The lowest BCUT2D eigenvalue weighted by atomic mass is 9.90. The molecule has 0 amide bonds. The third-order valence-electron chi connectivity index (χ3n) is 4.50. The average molecular weight is 297 g/mol. The Morgan fingerprint density at radius 2 is 1.38 bits per heavy atom. The highest BCUT2D eigenvalue weighted by Gasteiger charge is 2.13. The van der Waals surface area contributed by atoms with Gasteiger partial charge in [0.1, 0.15) is 0 Å². The highest BCUT2D eigenvalue weighted by molar-refractivity contribution is 4.67. The van der Waals surface area contributed by atoms with E-state index in [1.54, 1.807) is 0 Å². The third-order valence-corrected chi connectivity index (χ3v) is 4.50. The van der Waals surface area contributed by atoms with E-state index in [-0.39, 0.29) is 6.10 Å². The fourth-order valence-corrected chi connectivity index (χ4v) is 3.13. The third kappa shape index (κ3) is 14.4. The first-order valence-corrected chi connectivity index (χ1v) is 9.39. The van der Waals surface area contributed by atoms with Crippen molar-refractivity contribution in [1.29, 1.82) is 0 Å². The fraction of sp³-hybridized carbons (Fsp3) is 0.900. The SMILES string of the molecule is C=CCCCCCCC[C@H](C)C[C@@H](O)C[C@@H](C)CCCC. The molecular weight excluding hydrogens is 256 g/mol. The van der Waals surface area contributed by atoms with E-state index in [9.17, 15) is 5.11 Å². The quantitative estimate of drug-likeness (QED) is 0.270. The van der Waals surface area contributed by atoms with Gasteiger partial charge in [0.2, 0.25) is 0 Å². The van der Waals surface area contributed by atoms with E-state index in [0.29, 0.717) is 11.8 Å². The summed E-state index contributed by atoms with van der Waals surface area (Å²) in [7, 11) is 0. The van der Waals surface area contributed by atoms with E-state index >= 15 is 0 Å². The first-order chi connectivity index (χ1) is 10.1. The van der Waals surface area contributed by atoms with Gasteiger partial charge in [-0.3, -0.25) is 0 Å². The molecule has 0 aromatic heterocycles. The summed E-state index contributed by atoms with van der Waals surface area (Å²) in [5.74, 6) is 1.35. The molecule has 0 saturated carbocycles. The van der Waals surface area contributed by atoms with Crippen molar-refractivity contribution in [3.63, 3.8) is 0 Å². The molecule has 0 unspecified atom stereocenters. The van der Waals surface area contributed by atoms with Crippen LogP contribution in [-0.4, -0.2) is 11.2 Å². The highest BCUT2D eigenvalue weighted by atomic mass is 16.3. The van der Waals surface area contributed by atoms with Gasteiger partial charge in [-0.25, -0.2) is 0 Å². The summed E-state index contributed by atoms with van der Waals surface area (Å²) in [6.45, 7) is 10.6. The van der Waals surface area contributed by atoms with Crippen LogP contribution in [-0.2, 0) is 0 Å². The molecule has 0 heterocycles. The molecule has 0 bridgehead atoms. The van der Waals surface area contributed by atoms with E-state index in [1.807, 2.05) is 6.08 Å². The molecule has 1 N–H and O–H groups in total. The molecular formula is C20H40O. The van der Waals surface area contributed by atoms with Crippen LogP contribution in [0.25, 0.3) is 0 Å². The van der Waals surface area contributed by atoms with E-state index in [4.69, 9.17) is 0 Å². The zero-order chi connectivity index (χ0) is 15.9. The lowest BCUT2D eigenvalue weighted by Gasteiger charge is -2.19. The molecule has 0 aliphatic carbocycles. The summed E-state index contributed by atoms with van der Waals surface area (Å²) in [6.07, 6.45) is 16.9. The summed E-state index contributed by atoms with van der Waals surface area (Å²) in [6, 6.07) is 0. The molecule has 0 aromatic rings. The Kier molecular flexibility index (Phi) is 14.4. The van der Waals surface area contributed by atoms with Crippen molar-refractivity contribution in [3.8, 4) is 0 Å². The maximum atomic E-state index is 10.2. The Hall–Kier alpha value is -0.300. The maximum Gasteiger partial charge on any atom is 0.0545 e. The predicted molar refractivity (Wildman–Crippen MR) is 95.6 cm³/mol. The molecule has 0 fully saturated rings. The molecule has 0 aromatic carbocycles. The van der Waals surface area contributed by atoms with Crippen LogP contribution in [0.3, 0.4) is 0 Å². The van der Waals surface area contributed by atoms with Gasteiger partial charge < -0.3 is 5.11 Å². The molecule has 0 aliphatic heterocycles. The topological polar surface area (TPSA) is 20.2 Å². The van der Waals surface area contributed by atoms with Gasteiger partial charge in [-0.2, -0.15) is 0 Å². The highest BCUT2D eigenvalue weighted by Crippen LogP contribution is 2.21. The summed E-state index contributed by atoms with van der Waals surface area (Å²) in [4.78, 5) is 0. The molecule has 1 heteroatoms. The van der Waals surface area contributed by atoms with Gasteiger partial charge in [0, 0.05) is 0 Å². The number of aliphatic hydroxyl groups excluding tert-OH is 1. The maximum absolute atomic E-state index is 10.2. The van der Waals surface area contributed by atoms with Crippen LogP contribution < -0.4 is 0 Å². The molecule has 0 rings (SSSR count). The van der Waals surface area contributed by atoms with Crippen molar-refractivity contribution >= 4 is 0 Å². The number of allylic oxidation sites excluding steroid dienone is 1. The van der Waals surface area contributed by atoms with Gasteiger partial charge >= 0.3 is 0 Å². The molecule has 3 atom stereocenters. The van der Waals surface area contributed by atoms with Crippen molar-refractivity contribution in [2.24, 2.45) is 11.8 Å². The minimum atomic E-state index is -0.0838. The van der Waals surface area contributed by atoms with Gasteiger partial charge in [-0.15, -0.1) is 6.58 Å². The number of unbranched alkanes of at least 4 members (excludes halogenated alkanes) is 6. The van der Waals surface area contributed by atoms with E-state index in [1.165, 1.54) is 64.2 Å². The monoisotopic (exact) mass is 296 g/mol. The van der Waals surface area contributed by atoms with Crippen LogP contribution in [0.1, 0.15) is 97.8 Å². The first-order valence-electron chi connectivity index (χ1n) is 9.39.